The summed E-state index contributed by atoms with van der Waals surface area (Å²) in [6.45, 7) is 1.10. The van der Waals surface area contributed by atoms with Gasteiger partial charge in [0.15, 0.2) is 6.10 Å². The Bertz CT molecular complexity index is 1630. The number of nitrogens with zero attached hydrogens (tertiary/aromatic N) is 1. The molecule has 2 fully saturated rings. The molecule has 13 heteroatoms. The summed E-state index contributed by atoms with van der Waals surface area (Å²) < 4.78 is 17.3. The number of aliphatic hydroxyl groups is 2. The van der Waals surface area contributed by atoms with Crippen LogP contribution >= 0.6 is 11.6 Å². The smallest absolute Gasteiger partial charge is 0.314 e. The lowest BCUT2D eigenvalue weighted by atomic mass is 9.99. The molecule has 3 heterocycles. The van der Waals surface area contributed by atoms with E-state index in [1.807, 2.05) is 48.5 Å². The first-order chi connectivity index (χ1) is 21.4. The van der Waals surface area contributed by atoms with Gasteiger partial charge in [0.1, 0.15) is 18.3 Å². The quantitative estimate of drug-likeness (QED) is 0.147. The van der Waals surface area contributed by atoms with Crippen LogP contribution in [0.25, 0.3) is 33.3 Å². The highest BCUT2D eigenvalue weighted by atomic mass is 35.5. The number of carbonyl (C=O) groups excluding carboxylic acids is 2. The molecule has 0 radical (unpaired) electrons. The molecule has 2 saturated heterocycles. The summed E-state index contributed by atoms with van der Waals surface area (Å²) in [7, 11) is 0. The minimum Gasteiger partial charge on any atom is -0.456 e. The van der Waals surface area contributed by atoms with Crippen molar-refractivity contribution in [3.8, 4) is 28.3 Å². The number of fused-ring (bicyclic) bond motifs is 2. The van der Waals surface area contributed by atoms with Crippen LogP contribution in [0.5, 0.6) is 6.01 Å². The van der Waals surface area contributed by atoms with Gasteiger partial charge >= 0.3 is 6.03 Å². The second-order valence-electron chi connectivity index (χ2n) is 10.5. The Balaban J connectivity index is 1.07. The number of hydrogen-bond donors (Lipinski definition) is 6. The number of H-pyrrole nitrogens is 1. The van der Waals surface area contributed by atoms with Gasteiger partial charge < -0.3 is 45.4 Å². The summed E-state index contributed by atoms with van der Waals surface area (Å²) in [5.74, 6) is -0.243. The molecule has 0 unspecified atom stereocenters. The minimum absolute atomic E-state index is 0.138. The third-order valence-electron chi connectivity index (χ3n) is 7.56. The number of ether oxygens (including phenoxy) is 3. The monoisotopic (exact) mass is 621 g/mol. The van der Waals surface area contributed by atoms with Crippen molar-refractivity contribution in [3.05, 3.63) is 71.2 Å². The maximum absolute atomic E-state index is 12.5. The third-order valence-corrected chi connectivity index (χ3v) is 7.88. The SMILES string of the molecule is O=C(NCCO)NCCNC(=O)c1ccc(-c2ccc(-c3cc4nc(O[C@@H]5CO[C@H]6[C@@H]5OC[C@H]6O)[nH]c4cc3Cl)cc2)cc1. The van der Waals surface area contributed by atoms with Crippen molar-refractivity contribution >= 4 is 34.6 Å². The highest BCUT2D eigenvalue weighted by Gasteiger charge is 2.48. The molecule has 44 heavy (non-hydrogen) atoms. The highest BCUT2D eigenvalue weighted by Crippen LogP contribution is 2.35. The molecule has 2 aliphatic heterocycles. The van der Waals surface area contributed by atoms with Crippen LogP contribution in [-0.2, 0) is 9.47 Å². The lowest BCUT2D eigenvalue weighted by Gasteiger charge is -2.15. The first-order valence-electron chi connectivity index (χ1n) is 14.3. The van der Waals surface area contributed by atoms with Gasteiger partial charge in [-0.15, -0.1) is 0 Å². The largest absolute Gasteiger partial charge is 0.456 e. The van der Waals surface area contributed by atoms with Crippen molar-refractivity contribution in [2.45, 2.75) is 24.4 Å². The fraction of sp³-hybridized carbons (Fsp3) is 0.323. The molecule has 2 aliphatic rings. The predicted octanol–water partition coefficient (Wildman–Crippen LogP) is 2.48. The highest BCUT2D eigenvalue weighted by molar-refractivity contribution is 6.34. The number of imidazole rings is 1. The molecule has 4 atom stereocenters. The van der Waals surface area contributed by atoms with Crippen LogP contribution in [0, 0.1) is 0 Å². The van der Waals surface area contributed by atoms with Crippen molar-refractivity contribution in [2.24, 2.45) is 0 Å². The Morgan fingerprint density at radius 1 is 0.909 bits per heavy atom. The molecule has 1 aromatic heterocycles. The number of urea groups is 1. The van der Waals surface area contributed by atoms with Crippen LogP contribution in [-0.4, -0.2) is 96.0 Å². The molecule has 0 saturated carbocycles. The number of benzene rings is 3. The number of nitrogens with one attached hydrogen (secondary N) is 4. The van der Waals surface area contributed by atoms with Gasteiger partial charge in [-0.3, -0.25) is 4.79 Å². The average molecular weight is 622 g/mol. The maximum atomic E-state index is 12.5. The summed E-state index contributed by atoms with van der Waals surface area (Å²) in [5.41, 5.74) is 5.60. The van der Waals surface area contributed by atoms with E-state index in [1.165, 1.54) is 0 Å². The molecule has 230 valence electrons. The van der Waals surface area contributed by atoms with Crippen LogP contribution in [0.15, 0.2) is 60.7 Å². The number of hydrogen-bond acceptors (Lipinski definition) is 8. The summed E-state index contributed by atoms with van der Waals surface area (Å²) >= 11 is 6.66. The van der Waals surface area contributed by atoms with Crippen molar-refractivity contribution in [1.82, 2.24) is 25.9 Å². The van der Waals surface area contributed by atoms with E-state index >= 15 is 0 Å². The third kappa shape index (κ3) is 6.49. The van der Waals surface area contributed by atoms with Gasteiger partial charge in [-0.25, -0.2) is 4.79 Å². The van der Waals surface area contributed by atoms with Crippen LogP contribution in [0.3, 0.4) is 0 Å². The summed E-state index contributed by atoms with van der Waals surface area (Å²) in [5, 5.41) is 27.1. The molecule has 3 amide bonds. The van der Waals surface area contributed by atoms with Gasteiger partial charge in [0, 0.05) is 30.8 Å². The molecular weight excluding hydrogens is 590 g/mol. The van der Waals surface area contributed by atoms with E-state index in [0.717, 1.165) is 27.8 Å². The van der Waals surface area contributed by atoms with Crippen LogP contribution in [0.2, 0.25) is 5.02 Å². The number of rotatable bonds is 10. The van der Waals surface area contributed by atoms with E-state index < -0.39 is 12.1 Å². The summed E-state index contributed by atoms with van der Waals surface area (Å²) in [6, 6.07) is 18.9. The number of amides is 3. The lowest BCUT2D eigenvalue weighted by molar-refractivity contribution is 0.00706. The molecule has 6 N–H and O–H groups in total. The van der Waals surface area contributed by atoms with Crippen LogP contribution < -0.4 is 20.7 Å². The van der Waals surface area contributed by atoms with Crippen LogP contribution in [0.1, 0.15) is 10.4 Å². The zero-order chi connectivity index (χ0) is 30.6. The van der Waals surface area contributed by atoms with Crippen molar-refractivity contribution in [1.29, 1.82) is 0 Å². The molecule has 6 rings (SSSR count). The molecular formula is C31H32ClN5O7. The Morgan fingerprint density at radius 2 is 1.57 bits per heavy atom. The van der Waals surface area contributed by atoms with Gasteiger partial charge in [0.25, 0.3) is 11.9 Å². The zero-order valence-corrected chi connectivity index (χ0v) is 24.3. The number of aliphatic hydroxyl groups excluding tert-OH is 2. The second-order valence-corrected chi connectivity index (χ2v) is 10.9. The molecule has 3 aromatic carbocycles. The summed E-state index contributed by atoms with van der Waals surface area (Å²) in [6.07, 6.45) is -1.74. The Kier molecular flexibility index (Phi) is 8.96. The fourth-order valence-corrected chi connectivity index (χ4v) is 5.59. The van der Waals surface area contributed by atoms with E-state index in [-0.39, 0.29) is 57.1 Å². The van der Waals surface area contributed by atoms with Gasteiger partial charge in [0.05, 0.1) is 35.9 Å². The molecule has 0 spiro atoms. The molecule has 0 bridgehead atoms. The maximum Gasteiger partial charge on any atom is 0.314 e. The zero-order valence-electron chi connectivity index (χ0n) is 23.6. The van der Waals surface area contributed by atoms with Crippen molar-refractivity contribution in [2.75, 3.05) is 39.5 Å². The van der Waals surface area contributed by atoms with Gasteiger partial charge in [-0.1, -0.05) is 48.0 Å². The van der Waals surface area contributed by atoms with E-state index in [2.05, 4.69) is 25.9 Å². The lowest BCUT2D eigenvalue weighted by Crippen LogP contribution is -2.41. The second kappa shape index (κ2) is 13.2. The first-order valence-corrected chi connectivity index (χ1v) is 14.7. The Labute approximate surface area is 257 Å². The Hall–Kier alpha value is -4.20. The number of aromatic amines is 1. The Morgan fingerprint density at radius 3 is 2.32 bits per heavy atom. The van der Waals surface area contributed by atoms with E-state index in [1.54, 1.807) is 12.1 Å². The summed E-state index contributed by atoms with van der Waals surface area (Å²) in [4.78, 5) is 31.7. The number of carbonyl (C=O) groups is 2. The van der Waals surface area contributed by atoms with Crippen LogP contribution in [0.4, 0.5) is 4.79 Å². The van der Waals surface area contributed by atoms with Gasteiger partial charge in [0.2, 0.25) is 0 Å². The molecule has 12 nitrogen and oxygen atoms in total. The van der Waals surface area contributed by atoms with E-state index in [0.29, 0.717) is 28.7 Å². The van der Waals surface area contributed by atoms with Gasteiger partial charge in [-0.05, 0) is 41.0 Å². The topological polar surface area (TPSA) is 167 Å². The van der Waals surface area contributed by atoms with E-state index in [9.17, 15) is 14.7 Å². The predicted molar refractivity (Wildman–Crippen MR) is 163 cm³/mol. The van der Waals surface area contributed by atoms with Crippen molar-refractivity contribution < 1.29 is 34.0 Å². The first kappa shape index (κ1) is 29.9. The average Bonchev–Trinajstić information content (AvgIpc) is 3.74. The normalized spacial score (nSPS) is 20.8. The van der Waals surface area contributed by atoms with Crippen molar-refractivity contribution in [3.63, 3.8) is 0 Å². The van der Waals surface area contributed by atoms with Gasteiger partial charge in [-0.2, -0.15) is 4.98 Å². The fourth-order valence-electron chi connectivity index (χ4n) is 5.31. The number of aromatic nitrogens is 2. The molecule has 0 aliphatic carbocycles. The standard InChI is InChI=1S/C31H32ClN5O7/c32-22-14-24-23(36-31(37-24)44-26-16-43-27-25(39)15-42-28(26)27)13-21(22)19-5-1-17(2-6-19)18-3-7-20(8-4-18)29(40)33-9-10-34-30(41)35-11-12-38/h1-8,13-14,25-28,38-39H,9-12,15-16H2,(H,33,40)(H,36,37)(H2,34,35,41)/t25-,26-,27-,28-/m1/s1. The number of halogens is 1. The molecule has 4 aromatic rings. The van der Waals surface area contributed by atoms with E-state index in [4.69, 9.17) is 30.9 Å². The minimum atomic E-state index is -0.650.